The first-order chi connectivity index (χ1) is 20.8. The molecule has 3 fully saturated rings. The van der Waals surface area contributed by atoms with Crippen LogP contribution in [-0.4, -0.2) is 82.7 Å². The van der Waals surface area contributed by atoms with E-state index in [0.717, 1.165) is 12.0 Å². The summed E-state index contributed by atoms with van der Waals surface area (Å²) < 4.78 is 6.67. The van der Waals surface area contributed by atoms with Crippen LogP contribution in [0.5, 0.6) is 0 Å². The predicted molar refractivity (Wildman–Crippen MR) is 167 cm³/mol. The highest BCUT2D eigenvalue weighted by Crippen LogP contribution is 2.59. The van der Waals surface area contributed by atoms with Crippen molar-refractivity contribution in [1.82, 2.24) is 9.80 Å². The molecular weight excluding hydrogens is 566 g/mol. The van der Waals surface area contributed by atoms with Crippen LogP contribution in [0.1, 0.15) is 31.7 Å². The van der Waals surface area contributed by atoms with Gasteiger partial charge in [0.05, 0.1) is 30.6 Å². The Kier molecular flexibility index (Phi) is 9.39. The van der Waals surface area contributed by atoms with Gasteiger partial charge in [-0.1, -0.05) is 61.0 Å². The second kappa shape index (κ2) is 13.0. The number of carbonyl (C=O) groups excluding carboxylic acids is 3. The standard InChI is InChI=1S/C34H40ClN3O5/c1-4-18-36(19-5-2)31(40)28-27-16-17-34(43-27)29(28)32(41)38(26(22-39)21-23-10-8-7-9-11-23)30(34)33(42)37(20-6-3)25-14-12-24(35)13-15-25/h4,6-15,26-30,39H,1,3,5,16-22H2,2H3/t26-,27+,28-,29+,30?,34?/m1/s1. The summed E-state index contributed by atoms with van der Waals surface area (Å²) in [6.07, 6.45) is 4.99. The number of fused-ring (bicyclic) bond motifs is 1. The molecule has 1 N–H and O–H groups in total. The lowest BCUT2D eigenvalue weighted by Gasteiger charge is -2.39. The Morgan fingerprint density at radius 1 is 1.12 bits per heavy atom. The summed E-state index contributed by atoms with van der Waals surface area (Å²) in [5, 5.41) is 11.2. The molecule has 0 aliphatic carbocycles. The molecule has 3 heterocycles. The average Bonchev–Trinajstić information content (AvgIpc) is 3.66. The van der Waals surface area contributed by atoms with Gasteiger partial charge in [0.1, 0.15) is 11.6 Å². The quantitative estimate of drug-likeness (QED) is 0.345. The number of hydrogen-bond donors (Lipinski definition) is 1. The van der Waals surface area contributed by atoms with Crippen LogP contribution in [0.2, 0.25) is 5.02 Å². The number of nitrogens with zero attached hydrogens (tertiary/aromatic N) is 3. The maximum absolute atomic E-state index is 14.8. The van der Waals surface area contributed by atoms with Crippen LogP contribution in [0, 0.1) is 11.8 Å². The van der Waals surface area contributed by atoms with E-state index in [9.17, 15) is 19.5 Å². The van der Waals surface area contributed by atoms with Crippen molar-refractivity contribution in [3.63, 3.8) is 0 Å². The summed E-state index contributed by atoms with van der Waals surface area (Å²) in [6.45, 7) is 10.4. The number of hydrogen-bond acceptors (Lipinski definition) is 5. The number of halogens is 1. The first-order valence-corrected chi connectivity index (χ1v) is 15.4. The van der Waals surface area contributed by atoms with E-state index in [1.54, 1.807) is 46.2 Å². The Morgan fingerprint density at radius 3 is 2.44 bits per heavy atom. The average molecular weight is 606 g/mol. The van der Waals surface area contributed by atoms with E-state index in [4.69, 9.17) is 16.3 Å². The van der Waals surface area contributed by atoms with E-state index < -0.39 is 35.6 Å². The number of benzene rings is 2. The van der Waals surface area contributed by atoms with Crippen molar-refractivity contribution in [2.75, 3.05) is 31.1 Å². The summed E-state index contributed by atoms with van der Waals surface area (Å²) in [5.74, 6) is -2.36. The molecule has 0 aromatic heterocycles. The van der Waals surface area contributed by atoms with Gasteiger partial charge in [-0.15, -0.1) is 13.2 Å². The summed E-state index contributed by atoms with van der Waals surface area (Å²) >= 11 is 6.15. The lowest BCUT2D eigenvalue weighted by Crippen LogP contribution is -2.59. The first kappa shape index (κ1) is 31.0. The summed E-state index contributed by atoms with van der Waals surface area (Å²) in [4.78, 5) is 48.3. The summed E-state index contributed by atoms with van der Waals surface area (Å²) in [6, 6.07) is 14.8. The fraction of sp³-hybridized carbons (Fsp3) is 0.441. The molecule has 2 unspecified atom stereocenters. The van der Waals surface area contributed by atoms with Crippen molar-refractivity contribution in [2.45, 2.75) is 56.4 Å². The highest BCUT2D eigenvalue weighted by molar-refractivity contribution is 6.30. The number of rotatable bonds is 13. The van der Waals surface area contributed by atoms with Crippen LogP contribution >= 0.6 is 11.6 Å². The molecule has 3 amide bonds. The number of aliphatic hydroxyl groups is 1. The number of carbonyl (C=O) groups is 3. The van der Waals surface area contributed by atoms with Gasteiger partial charge in [0.15, 0.2) is 0 Å². The van der Waals surface area contributed by atoms with E-state index in [2.05, 4.69) is 13.2 Å². The number of amides is 3. The van der Waals surface area contributed by atoms with Crippen molar-refractivity contribution in [1.29, 1.82) is 0 Å². The smallest absolute Gasteiger partial charge is 0.253 e. The lowest BCUT2D eigenvalue weighted by atomic mass is 9.70. The predicted octanol–water partition coefficient (Wildman–Crippen LogP) is 4.26. The minimum Gasteiger partial charge on any atom is -0.394 e. The van der Waals surface area contributed by atoms with Gasteiger partial charge >= 0.3 is 0 Å². The molecule has 5 rings (SSSR count). The fourth-order valence-corrected chi connectivity index (χ4v) is 7.46. The van der Waals surface area contributed by atoms with E-state index in [-0.39, 0.29) is 30.9 Å². The third-order valence-electron chi connectivity index (χ3n) is 9.05. The van der Waals surface area contributed by atoms with Crippen molar-refractivity contribution < 1.29 is 24.2 Å². The van der Waals surface area contributed by atoms with Crippen LogP contribution in [0.25, 0.3) is 0 Å². The van der Waals surface area contributed by atoms with Gasteiger partial charge in [-0.05, 0) is 55.5 Å². The van der Waals surface area contributed by atoms with Crippen molar-refractivity contribution >= 4 is 35.0 Å². The number of ether oxygens (including phenoxy) is 1. The van der Waals surface area contributed by atoms with Gasteiger partial charge in [-0.25, -0.2) is 0 Å². The van der Waals surface area contributed by atoms with E-state index in [0.29, 0.717) is 43.1 Å². The van der Waals surface area contributed by atoms with Gasteiger partial charge in [0, 0.05) is 30.3 Å². The molecule has 0 radical (unpaired) electrons. The number of likely N-dealkylation sites (tertiary alicyclic amines) is 1. The third kappa shape index (κ3) is 5.52. The lowest BCUT2D eigenvalue weighted by molar-refractivity contribution is -0.147. The minimum atomic E-state index is -1.19. The van der Waals surface area contributed by atoms with E-state index >= 15 is 0 Å². The monoisotopic (exact) mass is 605 g/mol. The Hall–Kier alpha value is -3.46. The van der Waals surface area contributed by atoms with Gasteiger partial charge < -0.3 is 24.5 Å². The third-order valence-corrected chi connectivity index (χ3v) is 9.30. The molecule has 2 aromatic rings. The molecule has 8 nitrogen and oxygen atoms in total. The topological polar surface area (TPSA) is 90.4 Å². The Labute approximate surface area is 258 Å². The van der Waals surface area contributed by atoms with Gasteiger partial charge in [0.2, 0.25) is 11.8 Å². The molecule has 6 atom stereocenters. The number of aliphatic hydroxyl groups excluding tert-OH is 1. The summed E-state index contributed by atoms with van der Waals surface area (Å²) in [5.41, 5.74) is 0.334. The zero-order valence-corrected chi connectivity index (χ0v) is 25.4. The Morgan fingerprint density at radius 2 is 1.81 bits per heavy atom. The number of anilines is 1. The van der Waals surface area contributed by atoms with Gasteiger partial charge in [0.25, 0.3) is 5.91 Å². The van der Waals surface area contributed by atoms with Gasteiger partial charge in [-0.3, -0.25) is 14.4 Å². The molecule has 3 aliphatic rings. The maximum Gasteiger partial charge on any atom is 0.253 e. The maximum atomic E-state index is 14.8. The molecule has 9 heteroatoms. The van der Waals surface area contributed by atoms with Crippen LogP contribution in [-0.2, 0) is 25.5 Å². The normalized spacial score (nSPS) is 26.2. The summed E-state index contributed by atoms with van der Waals surface area (Å²) in [7, 11) is 0. The van der Waals surface area contributed by atoms with Crippen molar-refractivity contribution in [3.05, 3.63) is 90.5 Å². The zero-order valence-electron chi connectivity index (χ0n) is 24.6. The van der Waals surface area contributed by atoms with Crippen LogP contribution in [0.3, 0.4) is 0 Å². The molecule has 2 aromatic carbocycles. The molecule has 2 bridgehead atoms. The molecule has 0 saturated carbocycles. The van der Waals surface area contributed by atoms with E-state index in [1.165, 1.54) is 4.90 Å². The Balaban J connectivity index is 1.60. The SMILES string of the molecule is C=CCN(CCC)C(=O)[C@@H]1[C@@H]2CCC3(O2)C(C(=O)N(CC=C)c2ccc(Cl)cc2)N([C@@H](CO)Cc2ccccc2)C(=O)[C@H]13. The van der Waals surface area contributed by atoms with Gasteiger partial charge in [-0.2, -0.15) is 0 Å². The molecule has 43 heavy (non-hydrogen) atoms. The minimum absolute atomic E-state index is 0.149. The van der Waals surface area contributed by atoms with Crippen molar-refractivity contribution in [3.8, 4) is 0 Å². The van der Waals surface area contributed by atoms with Crippen molar-refractivity contribution in [2.24, 2.45) is 11.8 Å². The largest absolute Gasteiger partial charge is 0.394 e. The molecular formula is C34H40ClN3O5. The molecule has 228 valence electrons. The van der Waals surface area contributed by atoms with Crippen LogP contribution < -0.4 is 4.90 Å². The first-order valence-electron chi connectivity index (χ1n) is 15.0. The highest BCUT2D eigenvalue weighted by Gasteiger charge is 2.75. The zero-order chi connectivity index (χ0) is 30.7. The second-order valence-electron chi connectivity index (χ2n) is 11.6. The Bertz CT molecular complexity index is 1350. The second-order valence-corrected chi connectivity index (χ2v) is 12.1. The van der Waals surface area contributed by atoms with Crippen LogP contribution in [0.15, 0.2) is 79.9 Å². The van der Waals surface area contributed by atoms with Crippen LogP contribution in [0.4, 0.5) is 5.69 Å². The van der Waals surface area contributed by atoms with E-state index in [1.807, 2.05) is 37.3 Å². The molecule has 3 aliphatic heterocycles. The highest BCUT2D eigenvalue weighted by atomic mass is 35.5. The molecule has 1 spiro atoms. The molecule has 3 saturated heterocycles. The fourth-order valence-electron chi connectivity index (χ4n) is 7.33.